The first-order valence-electron chi connectivity index (χ1n) is 9.77. The maximum absolute atomic E-state index is 11.4. The van der Waals surface area contributed by atoms with Gasteiger partial charge in [0.1, 0.15) is 8.07 Å². The largest absolute Gasteiger partial charge is 0.388 e. The zero-order valence-corrected chi connectivity index (χ0v) is 20.4. The number of rotatable bonds is 3. The van der Waals surface area contributed by atoms with Crippen molar-refractivity contribution in [1.29, 1.82) is 0 Å². The Labute approximate surface area is 164 Å². The molecule has 1 nitrogen and oxygen atoms in total. The summed E-state index contributed by atoms with van der Waals surface area (Å²) in [5.74, 6) is 9.97. The Bertz CT molecular complexity index is 691. The molecule has 0 saturated heterocycles. The first-order chi connectivity index (χ1) is 11.7. The second-order valence-corrected chi connectivity index (χ2v) is 20.6. The Kier molecular flexibility index (Phi) is 7.39. The topological polar surface area (TPSA) is 20.2 Å². The van der Waals surface area contributed by atoms with Gasteiger partial charge in [-0.3, -0.25) is 0 Å². The van der Waals surface area contributed by atoms with Gasteiger partial charge in [-0.2, -0.15) is 0 Å². The van der Waals surface area contributed by atoms with E-state index in [4.69, 9.17) is 0 Å². The molecular formula is C23H38OSi2. The molecule has 26 heavy (non-hydrogen) atoms. The summed E-state index contributed by atoms with van der Waals surface area (Å²) in [5, 5.41) is 11.6. The average molecular weight is 387 g/mol. The highest BCUT2D eigenvalue weighted by Crippen LogP contribution is 2.47. The molecule has 0 spiro atoms. The molecule has 0 fully saturated rings. The van der Waals surface area contributed by atoms with Gasteiger partial charge in [-0.05, 0) is 42.4 Å². The lowest BCUT2D eigenvalue weighted by Crippen LogP contribution is -2.47. The normalized spacial score (nSPS) is 17.8. The van der Waals surface area contributed by atoms with Crippen molar-refractivity contribution >= 4 is 16.1 Å². The van der Waals surface area contributed by atoms with E-state index >= 15 is 0 Å². The fourth-order valence-corrected chi connectivity index (χ4v) is 6.12. The Morgan fingerprint density at radius 2 is 1.69 bits per heavy atom. The van der Waals surface area contributed by atoms with Crippen molar-refractivity contribution in [2.45, 2.75) is 96.4 Å². The molecule has 3 heteroatoms. The Morgan fingerprint density at radius 1 is 1.12 bits per heavy atom. The van der Waals surface area contributed by atoms with Crippen LogP contribution in [0.1, 0.15) is 47.0 Å². The smallest absolute Gasteiger partial charge is 0.129 e. The molecule has 1 rings (SSSR count). The van der Waals surface area contributed by atoms with Crippen LogP contribution in [0.5, 0.6) is 0 Å². The molecule has 0 aliphatic heterocycles. The summed E-state index contributed by atoms with van der Waals surface area (Å²) >= 11 is 0. The Hall–Kier alpha value is -1.01. The summed E-state index contributed by atoms with van der Waals surface area (Å²) in [6.45, 7) is 24.3. The molecule has 0 amide bonds. The number of allylic oxidation sites excluding steroid dienone is 2. The molecule has 0 bridgehead atoms. The molecule has 0 unspecified atom stereocenters. The summed E-state index contributed by atoms with van der Waals surface area (Å²) in [6, 6.07) is 0. The minimum atomic E-state index is -1.84. The molecule has 0 aromatic rings. The molecule has 144 valence electrons. The van der Waals surface area contributed by atoms with Crippen molar-refractivity contribution in [3.8, 4) is 23.3 Å². The molecule has 0 radical (unpaired) electrons. The van der Waals surface area contributed by atoms with Crippen LogP contribution in [0.15, 0.2) is 23.3 Å². The zero-order valence-electron chi connectivity index (χ0n) is 18.4. The van der Waals surface area contributed by atoms with Gasteiger partial charge in [0.2, 0.25) is 0 Å². The lowest BCUT2D eigenvalue weighted by atomic mass is 10.0. The van der Waals surface area contributed by atoms with Crippen molar-refractivity contribution in [1.82, 2.24) is 0 Å². The summed E-state index contributed by atoms with van der Waals surface area (Å²) < 4.78 is 0. The van der Waals surface area contributed by atoms with Gasteiger partial charge in [0.05, 0.1) is 14.2 Å². The van der Waals surface area contributed by atoms with Gasteiger partial charge in [-0.1, -0.05) is 71.9 Å². The fraction of sp³-hybridized carbons (Fsp3) is 0.652. The first kappa shape index (κ1) is 23.0. The second-order valence-electron chi connectivity index (χ2n) is 10.3. The quantitative estimate of drug-likeness (QED) is 0.454. The predicted octanol–water partition coefficient (Wildman–Crippen LogP) is 6.17. The van der Waals surface area contributed by atoms with Gasteiger partial charge < -0.3 is 5.11 Å². The van der Waals surface area contributed by atoms with Crippen LogP contribution in [0.4, 0.5) is 0 Å². The standard InChI is InChI=1S/C23H38OSi2/c1-18(2)14-15-19-12-11-13-20(19)22(24)21(16-17-25(6,7)8)26(9,10)23(3,4)5/h21-22,24H,1,11-13H2,2-10H3/t21-,22+/m1/s1. The lowest BCUT2D eigenvalue weighted by Gasteiger charge is -2.43. The third-order valence-corrected chi connectivity index (χ3v) is 12.4. The van der Waals surface area contributed by atoms with Crippen molar-refractivity contribution < 1.29 is 5.11 Å². The first-order valence-corrected chi connectivity index (χ1v) is 16.3. The number of hydrogen-bond acceptors (Lipinski definition) is 1. The molecule has 1 N–H and O–H groups in total. The summed E-state index contributed by atoms with van der Waals surface area (Å²) in [4.78, 5) is 0. The Balaban J connectivity index is 3.42. The van der Waals surface area contributed by atoms with Crippen LogP contribution < -0.4 is 0 Å². The van der Waals surface area contributed by atoms with E-state index in [-0.39, 0.29) is 10.6 Å². The number of aliphatic hydroxyl groups is 1. The molecule has 1 aliphatic carbocycles. The van der Waals surface area contributed by atoms with E-state index in [1.165, 1.54) is 0 Å². The highest BCUT2D eigenvalue weighted by Gasteiger charge is 2.46. The third-order valence-electron chi connectivity index (χ3n) is 5.67. The molecule has 0 saturated carbocycles. The summed E-state index contributed by atoms with van der Waals surface area (Å²) in [5.41, 5.74) is 6.74. The summed E-state index contributed by atoms with van der Waals surface area (Å²) in [6.07, 6.45) is 2.51. The van der Waals surface area contributed by atoms with Crippen LogP contribution in [0, 0.1) is 23.3 Å². The second kappa shape index (κ2) is 8.34. The SMILES string of the molecule is C=C(C)C#CC1=C([C@H](O)[C@@H](C#C[Si](C)(C)C)[Si](C)(C)C(C)(C)C)CCC1. The summed E-state index contributed by atoms with van der Waals surface area (Å²) in [7, 11) is -3.34. The number of hydrogen-bond donors (Lipinski definition) is 1. The zero-order chi connectivity index (χ0) is 20.3. The number of aliphatic hydroxyl groups excluding tert-OH is 1. The van der Waals surface area contributed by atoms with Crippen LogP contribution in [0.2, 0.25) is 43.3 Å². The molecule has 0 heterocycles. The molecular weight excluding hydrogens is 348 g/mol. The van der Waals surface area contributed by atoms with Gasteiger partial charge in [-0.15, -0.1) is 11.5 Å². The highest BCUT2D eigenvalue weighted by atomic mass is 28.3. The van der Waals surface area contributed by atoms with Crippen molar-refractivity contribution in [2.24, 2.45) is 0 Å². The van der Waals surface area contributed by atoms with Gasteiger partial charge >= 0.3 is 0 Å². The van der Waals surface area contributed by atoms with Gasteiger partial charge in [0.15, 0.2) is 0 Å². The van der Waals surface area contributed by atoms with E-state index in [0.717, 1.165) is 36.0 Å². The maximum Gasteiger partial charge on any atom is 0.129 e. The predicted molar refractivity (Wildman–Crippen MR) is 122 cm³/mol. The van der Waals surface area contributed by atoms with E-state index in [9.17, 15) is 5.11 Å². The Morgan fingerprint density at radius 3 is 2.15 bits per heavy atom. The van der Waals surface area contributed by atoms with Gasteiger partial charge in [0.25, 0.3) is 0 Å². The van der Waals surface area contributed by atoms with Gasteiger partial charge in [-0.25, -0.2) is 0 Å². The lowest BCUT2D eigenvalue weighted by molar-refractivity contribution is 0.209. The monoisotopic (exact) mass is 386 g/mol. The van der Waals surface area contributed by atoms with E-state index in [0.29, 0.717) is 0 Å². The van der Waals surface area contributed by atoms with Crippen LogP contribution in [0.25, 0.3) is 0 Å². The molecule has 0 aromatic carbocycles. The van der Waals surface area contributed by atoms with E-state index in [1.54, 1.807) is 0 Å². The minimum Gasteiger partial charge on any atom is -0.388 e. The van der Waals surface area contributed by atoms with Gasteiger partial charge in [0, 0.05) is 11.1 Å². The van der Waals surface area contributed by atoms with Crippen LogP contribution in [-0.4, -0.2) is 27.4 Å². The van der Waals surface area contributed by atoms with Crippen molar-refractivity contribution in [3.63, 3.8) is 0 Å². The molecule has 2 atom stereocenters. The van der Waals surface area contributed by atoms with E-state index in [1.807, 2.05) is 6.92 Å². The molecule has 0 aromatic heterocycles. The fourth-order valence-electron chi connectivity index (χ4n) is 3.03. The van der Waals surface area contributed by atoms with Crippen LogP contribution in [0.3, 0.4) is 0 Å². The van der Waals surface area contributed by atoms with E-state index < -0.39 is 22.3 Å². The highest BCUT2D eigenvalue weighted by molar-refractivity contribution is 6.85. The van der Waals surface area contributed by atoms with Crippen molar-refractivity contribution in [3.05, 3.63) is 23.3 Å². The minimum absolute atomic E-state index is 0.0453. The van der Waals surface area contributed by atoms with Crippen LogP contribution >= 0.6 is 0 Å². The average Bonchev–Trinajstić information content (AvgIpc) is 2.90. The third kappa shape index (κ3) is 6.02. The maximum atomic E-state index is 11.4. The van der Waals surface area contributed by atoms with Crippen molar-refractivity contribution in [2.75, 3.05) is 0 Å². The van der Waals surface area contributed by atoms with Crippen LogP contribution in [-0.2, 0) is 0 Å². The molecule has 1 aliphatic rings. The van der Waals surface area contributed by atoms with E-state index in [2.05, 4.69) is 83.4 Å².